The predicted octanol–water partition coefficient (Wildman–Crippen LogP) is 4.06. The maximum atomic E-state index is 11.1. The summed E-state index contributed by atoms with van der Waals surface area (Å²) in [6, 6.07) is 5.75. The number of hydrogen-bond donors (Lipinski definition) is 2. The number of hydrogen-bond acceptors (Lipinski definition) is 4. The third-order valence-electron chi connectivity index (χ3n) is 5.98. The Morgan fingerprint density at radius 1 is 1.15 bits per heavy atom. The monoisotopic (exact) mass is 355 g/mol. The number of nitrogens with zero attached hydrogens (tertiary/aromatic N) is 2. The molecular weight excluding hydrogens is 330 g/mol. The van der Waals surface area contributed by atoms with Gasteiger partial charge in [-0.05, 0) is 55.7 Å². The number of aliphatic carboxylic acids is 1. The Kier molecular flexibility index (Phi) is 4.42. The fourth-order valence-electron chi connectivity index (χ4n) is 4.66. The van der Waals surface area contributed by atoms with Crippen molar-refractivity contribution in [1.82, 2.24) is 15.2 Å². The van der Waals surface area contributed by atoms with Crippen molar-refractivity contribution in [2.45, 2.75) is 51.4 Å². The number of rotatable bonds is 10. The molecule has 26 heavy (non-hydrogen) atoms. The van der Waals surface area contributed by atoms with Gasteiger partial charge < -0.3 is 9.84 Å². The molecule has 0 aliphatic heterocycles. The van der Waals surface area contributed by atoms with E-state index in [1.54, 1.807) is 12.4 Å². The van der Waals surface area contributed by atoms with Crippen molar-refractivity contribution >= 4 is 5.97 Å². The van der Waals surface area contributed by atoms with E-state index in [1.807, 2.05) is 18.2 Å². The molecule has 2 aromatic rings. The Bertz CT molecular complexity index is 735. The maximum Gasteiger partial charge on any atom is 0.309 e. The average Bonchev–Trinajstić information content (AvgIpc) is 3.09. The van der Waals surface area contributed by atoms with Gasteiger partial charge >= 0.3 is 5.97 Å². The smallest absolute Gasteiger partial charge is 0.309 e. The van der Waals surface area contributed by atoms with Gasteiger partial charge in [-0.2, -0.15) is 5.10 Å². The minimum absolute atomic E-state index is 0.325. The molecule has 2 N–H and O–H groups in total. The van der Waals surface area contributed by atoms with Gasteiger partial charge in [0.25, 0.3) is 0 Å². The van der Waals surface area contributed by atoms with Crippen LogP contribution in [0, 0.1) is 10.8 Å². The molecule has 3 fully saturated rings. The van der Waals surface area contributed by atoms with Gasteiger partial charge in [0.2, 0.25) is 0 Å². The van der Waals surface area contributed by atoms with E-state index in [-0.39, 0.29) is 5.41 Å². The molecule has 6 heteroatoms. The first-order valence-corrected chi connectivity index (χ1v) is 9.43. The Morgan fingerprint density at radius 2 is 1.96 bits per heavy atom. The Hall–Kier alpha value is -2.37. The van der Waals surface area contributed by atoms with Crippen molar-refractivity contribution in [2.24, 2.45) is 10.8 Å². The molecule has 5 rings (SSSR count). The summed E-state index contributed by atoms with van der Waals surface area (Å²) in [6.45, 7) is 0.707. The summed E-state index contributed by atoms with van der Waals surface area (Å²) in [6.07, 6.45) is 12.0. The van der Waals surface area contributed by atoms with Crippen molar-refractivity contribution in [2.75, 3.05) is 6.61 Å². The first-order valence-electron chi connectivity index (χ1n) is 9.43. The lowest BCUT2D eigenvalue weighted by Gasteiger charge is -2.68. The van der Waals surface area contributed by atoms with E-state index in [9.17, 15) is 4.79 Å². The van der Waals surface area contributed by atoms with Crippen LogP contribution in [0.1, 0.15) is 51.4 Å². The van der Waals surface area contributed by atoms with Crippen LogP contribution in [0.15, 0.2) is 30.6 Å². The molecule has 2 heterocycles. The van der Waals surface area contributed by atoms with Crippen molar-refractivity contribution in [1.29, 1.82) is 0 Å². The number of aromatic nitrogens is 3. The largest absolute Gasteiger partial charge is 0.492 e. The van der Waals surface area contributed by atoms with Crippen LogP contribution in [-0.2, 0) is 4.79 Å². The summed E-state index contributed by atoms with van der Waals surface area (Å²) in [5.41, 5.74) is 1.81. The highest BCUT2D eigenvalue weighted by molar-refractivity contribution is 5.79. The van der Waals surface area contributed by atoms with Crippen LogP contribution in [0.3, 0.4) is 0 Å². The van der Waals surface area contributed by atoms with E-state index in [0.717, 1.165) is 49.2 Å². The zero-order valence-electron chi connectivity index (χ0n) is 14.9. The number of carboxylic acids is 1. The van der Waals surface area contributed by atoms with Gasteiger partial charge in [-0.25, -0.2) is 0 Å². The molecule has 0 amide bonds. The number of H-pyrrole nitrogens is 1. The first kappa shape index (κ1) is 17.1. The van der Waals surface area contributed by atoms with Gasteiger partial charge in [-0.3, -0.25) is 14.9 Å². The quantitative estimate of drug-likeness (QED) is 0.628. The molecule has 2 aromatic heterocycles. The van der Waals surface area contributed by atoms with Crippen LogP contribution in [0.4, 0.5) is 0 Å². The van der Waals surface area contributed by atoms with Gasteiger partial charge in [0.1, 0.15) is 5.75 Å². The molecule has 0 unspecified atom stereocenters. The maximum absolute atomic E-state index is 11.1. The summed E-state index contributed by atoms with van der Waals surface area (Å²) in [7, 11) is 0. The topological polar surface area (TPSA) is 88.1 Å². The summed E-state index contributed by atoms with van der Waals surface area (Å²) in [5, 5.41) is 16.0. The van der Waals surface area contributed by atoms with E-state index in [0.29, 0.717) is 12.0 Å². The molecule has 2 bridgehead atoms. The normalized spacial score (nSPS) is 26.0. The number of ether oxygens (including phenoxy) is 1. The Balaban J connectivity index is 1.07. The van der Waals surface area contributed by atoms with E-state index < -0.39 is 5.97 Å². The number of nitrogens with one attached hydrogen (secondary N) is 1. The van der Waals surface area contributed by atoms with E-state index >= 15 is 0 Å². The van der Waals surface area contributed by atoms with Gasteiger partial charge in [0, 0.05) is 6.20 Å². The van der Waals surface area contributed by atoms with Crippen LogP contribution in [0.25, 0.3) is 11.4 Å². The van der Waals surface area contributed by atoms with Crippen molar-refractivity contribution in [3.63, 3.8) is 0 Å². The lowest BCUT2D eigenvalue weighted by molar-refractivity contribution is -0.225. The fourth-order valence-corrected chi connectivity index (χ4v) is 4.66. The van der Waals surface area contributed by atoms with Crippen LogP contribution < -0.4 is 4.74 Å². The molecule has 0 spiro atoms. The fraction of sp³-hybridized carbons (Fsp3) is 0.550. The van der Waals surface area contributed by atoms with E-state index in [1.165, 1.54) is 19.3 Å². The van der Waals surface area contributed by atoms with Gasteiger partial charge in [0.15, 0.2) is 0 Å². The summed E-state index contributed by atoms with van der Waals surface area (Å²) < 4.78 is 5.75. The molecule has 3 aliphatic rings. The van der Waals surface area contributed by atoms with Gasteiger partial charge in [-0.1, -0.05) is 19.3 Å². The SMILES string of the molecule is O=C(O)C12CC(CCCCCCOc3ccc(-c4ccn[nH]4)nc3)(C1)C2. The number of unbranched alkanes of at least 4 members (excludes halogenated alkanes) is 3. The number of carboxylic acid groups (broad SMARTS) is 1. The van der Waals surface area contributed by atoms with Crippen LogP contribution in [0.5, 0.6) is 5.75 Å². The summed E-state index contributed by atoms with van der Waals surface area (Å²) in [4.78, 5) is 15.5. The third-order valence-corrected chi connectivity index (χ3v) is 5.98. The second kappa shape index (κ2) is 6.74. The minimum Gasteiger partial charge on any atom is -0.492 e. The highest BCUT2D eigenvalue weighted by Gasteiger charge is 2.70. The van der Waals surface area contributed by atoms with Gasteiger partial charge in [0.05, 0.1) is 29.6 Å². The molecule has 0 aromatic carbocycles. The van der Waals surface area contributed by atoms with E-state index in [4.69, 9.17) is 9.84 Å². The second-order valence-corrected chi connectivity index (χ2v) is 7.98. The molecule has 0 saturated heterocycles. The Labute approximate surface area is 153 Å². The van der Waals surface area contributed by atoms with Crippen molar-refractivity contribution in [3.8, 4) is 17.1 Å². The first-order chi connectivity index (χ1) is 12.6. The number of aromatic amines is 1. The Morgan fingerprint density at radius 3 is 2.62 bits per heavy atom. The zero-order valence-corrected chi connectivity index (χ0v) is 14.9. The molecule has 3 saturated carbocycles. The molecule has 0 atom stereocenters. The van der Waals surface area contributed by atoms with E-state index in [2.05, 4.69) is 15.2 Å². The van der Waals surface area contributed by atoms with Crippen LogP contribution >= 0.6 is 0 Å². The highest BCUT2D eigenvalue weighted by atomic mass is 16.5. The number of carbonyl (C=O) groups is 1. The minimum atomic E-state index is -0.580. The van der Waals surface area contributed by atoms with Crippen molar-refractivity contribution < 1.29 is 14.6 Å². The number of pyridine rings is 1. The molecule has 0 radical (unpaired) electrons. The highest BCUT2D eigenvalue weighted by Crippen LogP contribution is 2.75. The third kappa shape index (κ3) is 3.20. The summed E-state index contributed by atoms with van der Waals surface area (Å²) in [5.74, 6) is 0.213. The second-order valence-electron chi connectivity index (χ2n) is 7.98. The molecule has 6 nitrogen and oxygen atoms in total. The van der Waals surface area contributed by atoms with Crippen molar-refractivity contribution in [3.05, 3.63) is 30.6 Å². The predicted molar refractivity (Wildman–Crippen MR) is 96.8 cm³/mol. The molecule has 138 valence electrons. The van der Waals surface area contributed by atoms with Crippen LogP contribution in [0.2, 0.25) is 0 Å². The lowest BCUT2D eigenvalue weighted by Crippen LogP contribution is -2.65. The average molecular weight is 355 g/mol. The standard InChI is InChI=1S/C20H25N3O3/c24-18(25)20-12-19(13-20,14-20)8-3-1-2-4-10-26-15-5-6-16(21-11-15)17-7-9-22-23-17/h5-7,9,11H,1-4,8,10,12-14H2,(H,22,23)(H,24,25). The zero-order chi connectivity index (χ0) is 18.0. The summed E-state index contributed by atoms with van der Waals surface area (Å²) >= 11 is 0. The van der Waals surface area contributed by atoms with Crippen LogP contribution in [-0.4, -0.2) is 32.9 Å². The molecular formula is C20H25N3O3. The lowest BCUT2D eigenvalue weighted by atomic mass is 9.34. The van der Waals surface area contributed by atoms with Gasteiger partial charge in [-0.15, -0.1) is 0 Å². The molecule has 3 aliphatic carbocycles.